The van der Waals surface area contributed by atoms with Crippen LogP contribution >= 0.6 is 15.9 Å². The molecule has 0 spiro atoms. The first-order chi connectivity index (χ1) is 8.32. The van der Waals surface area contributed by atoms with Crippen LogP contribution < -0.4 is 5.73 Å². The molecule has 18 heavy (non-hydrogen) atoms. The van der Waals surface area contributed by atoms with Crippen LogP contribution in [0.15, 0.2) is 22.7 Å². The molecule has 0 radical (unpaired) electrons. The standard InChI is InChI=1S/C12H16BrFN2O2/c1-16(2)11(6-10(15)12(17)18)8-5-7(13)3-4-9(8)14/h3-5,10-11H,6,15H2,1-2H3,(H,17,18). The van der Waals surface area contributed by atoms with Crippen LogP contribution in [0.3, 0.4) is 0 Å². The Kier molecular flexibility index (Phi) is 5.25. The summed E-state index contributed by atoms with van der Waals surface area (Å²) in [7, 11) is 3.53. The van der Waals surface area contributed by atoms with Crippen molar-refractivity contribution >= 4 is 21.9 Å². The predicted molar refractivity (Wildman–Crippen MR) is 70.8 cm³/mol. The predicted octanol–water partition coefficient (Wildman–Crippen LogP) is 1.99. The van der Waals surface area contributed by atoms with E-state index in [2.05, 4.69) is 15.9 Å². The Morgan fingerprint density at radius 3 is 2.67 bits per heavy atom. The summed E-state index contributed by atoms with van der Waals surface area (Å²) >= 11 is 3.28. The maximum absolute atomic E-state index is 13.8. The smallest absolute Gasteiger partial charge is 0.320 e. The highest BCUT2D eigenvalue weighted by Crippen LogP contribution is 2.28. The Bertz CT molecular complexity index is 440. The van der Waals surface area contributed by atoms with Crippen LogP contribution in [0.5, 0.6) is 0 Å². The van der Waals surface area contributed by atoms with Gasteiger partial charge in [0.25, 0.3) is 0 Å². The van der Waals surface area contributed by atoms with Crippen LogP contribution in [0.1, 0.15) is 18.0 Å². The van der Waals surface area contributed by atoms with E-state index >= 15 is 0 Å². The number of nitrogens with zero attached hydrogens (tertiary/aromatic N) is 1. The summed E-state index contributed by atoms with van der Waals surface area (Å²) in [5.41, 5.74) is 5.96. The van der Waals surface area contributed by atoms with Crippen LogP contribution in [0.2, 0.25) is 0 Å². The van der Waals surface area contributed by atoms with Crippen LogP contribution in [0, 0.1) is 5.82 Å². The lowest BCUT2D eigenvalue weighted by molar-refractivity contribution is -0.139. The molecule has 2 atom stereocenters. The Balaban J connectivity index is 3.04. The van der Waals surface area contributed by atoms with Gasteiger partial charge in [0, 0.05) is 16.1 Å². The average molecular weight is 319 g/mol. The zero-order chi connectivity index (χ0) is 13.9. The minimum atomic E-state index is -1.09. The number of hydrogen-bond acceptors (Lipinski definition) is 3. The summed E-state index contributed by atoms with van der Waals surface area (Å²) < 4.78 is 14.5. The lowest BCUT2D eigenvalue weighted by Crippen LogP contribution is -2.35. The van der Waals surface area contributed by atoms with Gasteiger partial charge in [0.2, 0.25) is 0 Å². The third kappa shape index (κ3) is 3.76. The van der Waals surface area contributed by atoms with Crippen molar-refractivity contribution in [2.75, 3.05) is 14.1 Å². The zero-order valence-corrected chi connectivity index (χ0v) is 11.8. The van der Waals surface area contributed by atoms with E-state index in [4.69, 9.17) is 10.8 Å². The van der Waals surface area contributed by atoms with Gasteiger partial charge in [-0.2, -0.15) is 0 Å². The van der Waals surface area contributed by atoms with Crippen LogP contribution in [-0.2, 0) is 4.79 Å². The number of carboxylic acids is 1. The molecule has 0 aromatic heterocycles. The van der Waals surface area contributed by atoms with E-state index in [1.165, 1.54) is 6.07 Å². The molecule has 1 rings (SSSR count). The molecule has 2 unspecified atom stereocenters. The molecule has 0 aliphatic carbocycles. The van der Waals surface area contributed by atoms with Gasteiger partial charge in [0.05, 0.1) is 0 Å². The second-order valence-electron chi connectivity index (χ2n) is 4.33. The second-order valence-corrected chi connectivity index (χ2v) is 5.24. The molecule has 0 saturated carbocycles. The first kappa shape index (κ1) is 15.1. The lowest BCUT2D eigenvalue weighted by atomic mass is 9.98. The molecule has 0 saturated heterocycles. The molecule has 3 N–H and O–H groups in total. The molecule has 0 bridgehead atoms. The first-order valence-corrected chi connectivity index (χ1v) is 6.22. The van der Waals surface area contributed by atoms with Gasteiger partial charge in [-0.1, -0.05) is 15.9 Å². The first-order valence-electron chi connectivity index (χ1n) is 5.42. The summed E-state index contributed by atoms with van der Waals surface area (Å²) in [5, 5.41) is 8.84. The monoisotopic (exact) mass is 318 g/mol. The lowest BCUT2D eigenvalue weighted by Gasteiger charge is -2.26. The molecule has 100 valence electrons. The van der Waals surface area contributed by atoms with E-state index in [1.807, 2.05) is 0 Å². The van der Waals surface area contributed by atoms with Crippen molar-refractivity contribution in [3.8, 4) is 0 Å². The topological polar surface area (TPSA) is 66.6 Å². The van der Waals surface area contributed by atoms with E-state index in [0.29, 0.717) is 5.56 Å². The van der Waals surface area contributed by atoms with E-state index < -0.39 is 12.0 Å². The minimum absolute atomic E-state index is 0.149. The highest BCUT2D eigenvalue weighted by molar-refractivity contribution is 9.10. The van der Waals surface area contributed by atoms with Crippen molar-refractivity contribution in [1.82, 2.24) is 4.90 Å². The van der Waals surface area contributed by atoms with Crippen molar-refractivity contribution < 1.29 is 14.3 Å². The molecule has 1 aromatic carbocycles. The van der Waals surface area contributed by atoms with E-state index in [0.717, 1.165) is 4.47 Å². The molecule has 6 heteroatoms. The molecule has 4 nitrogen and oxygen atoms in total. The summed E-state index contributed by atoms with van der Waals surface area (Å²) in [6.45, 7) is 0. The summed E-state index contributed by atoms with van der Waals surface area (Å²) in [5.74, 6) is -1.45. The number of hydrogen-bond donors (Lipinski definition) is 2. The van der Waals surface area contributed by atoms with Gasteiger partial charge in [-0.3, -0.25) is 4.79 Å². The molecule has 0 heterocycles. The third-order valence-electron chi connectivity index (χ3n) is 2.73. The second kappa shape index (κ2) is 6.26. The highest BCUT2D eigenvalue weighted by atomic mass is 79.9. The number of benzene rings is 1. The minimum Gasteiger partial charge on any atom is -0.480 e. The van der Waals surface area contributed by atoms with Crippen molar-refractivity contribution in [3.05, 3.63) is 34.1 Å². The van der Waals surface area contributed by atoms with Gasteiger partial charge in [-0.25, -0.2) is 4.39 Å². The number of rotatable bonds is 5. The van der Waals surface area contributed by atoms with E-state index in [-0.39, 0.29) is 18.3 Å². The molecule has 1 aromatic rings. The van der Waals surface area contributed by atoms with Crippen molar-refractivity contribution in [1.29, 1.82) is 0 Å². The quantitative estimate of drug-likeness (QED) is 0.871. The summed E-state index contributed by atoms with van der Waals surface area (Å²) in [4.78, 5) is 12.6. The Hall–Kier alpha value is -0.980. The molecule has 0 aliphatic heterocycles. The Labute approximate surface area is 114 Å². The maximum atomic E-state index is 13.8. The van der Waals surface area contributed by atoms with Gasteiger partial charge < -0.3 is 15.7 Å². The molecular formula is C12H16BrFN2O2. The number of carboxylic acid groups (broad SMARTS) is 1. The van der Waals surface area contributed by atoms with Crippen LogP contribution in [0.4, 0.5) is 4.39 Å². The van der Waals surface area contributed by atoms with E-state index in [9.17, 15) is 9.18 Å². The fourth-order valence-corrected chi connectivity index (χ4v) is 2.11. The van der Waals surface area contributed by atoms with Crippen molar-refractivity contribution in [2.45, 2.75) is 18.5 Å². The molecular weight excluding hydrogens is 303 g/mol. The van der Waals surface area contributed by atoms with Gasteiger partial charge in [0.1, 0.15) is 11.9 Å². The highest BCUT2D eigenvalue weighted by Gasteiger charge is 2.24. The Morgan fingerprint density at radius 2 is 2.17 bits per heavy atom. The van der Waals surface area contributed by atoms with E-state index in [1.54, 1.807) is 31.1 Å². The zero-order valence-electron chi connectivity index (χ0n) is 10.2. The molecule has 0 fully saturated rings. The van der Waals surface area contributed by atoms with Gasteiger partial charge in [0.15, 0.2) is 0 Å². The number of aliphatic carboxylic acids is 1. The van der Waals surface area contributed by atoms with Crippen molar-refractivity contribution in [2.24, 2.45) is 5.73 Å². The van der Waals surface area contributed by atoms with Gasteiger partial charge >= 0.3 is 5.97 Å². The fourth-order valence-electron chi connectivity index (χ4n) is 1.73. The normalized spacial score (nSPS) is 14.6. The average Bonchev–Trinajstić information content (AvgIpc) is 2.28. The number of carbonyl (C=O) groups is 1. The van der Waals surface area contributed by atoms with Crippen LogP contribution in [0.25, 0.3) is 0 Å². The number of nitrogens with two attached hydrogens (primary N) is 1. The van der Waals surface area contributed by atoms with Gasteiger partial charge in [-0.15, -0.1) is 0 Å². The largest absolute Gasteiger partial charge is 0.480 e. The summed E-state index contributed by atoms with van der Waals surface area (Å²) in [6.07, 6.45) is 0.149. The molecule has 0 amide bonds. The fraction of sp³-hybridized carbons (Fsp3) is 0.417. The van der Waals surface area contributed by atoms with Crippen molar-refractivity contribution in [3.63, 3.8) is 0 Å². The number of halogens is 2. The Morgan fingerprint density at radius 1 is 1.56 bits per heavy atom. The maximum Gasteiger partial charge on any atom is 0.320 e. The van der Waals surface area contributed by atoms with Crippen LogP contribution in [-0.4, -0.2) is 36.1 Å². The third-order valence-corrected chi connectivity index (χ3v) is 3.23. The van der Waals surface area contributed by atoms with Gasteiger partial charge in [-0.05, 0) is 38.7 Å². The summed E-state index contributed by atoms with van der Waals surface area (Å²) in [6, 6.07) is 3.20. The molecule has 0 aliphatic rings. The SMILES string of the molecule is CN(C)C(CC(N)C(=O)O)c1cc(Br)ccc1F.